The average molecular weight is 1270 g/mol. The Morgan fingerprint density at radius 1 is 0.180 bits per heavy atom. The summed E-state index contributed by atoms with van der Waals surface area (Å²) in [7, 11) is 0. The van der Waals surface area contributed by atoms with Gasteiger partial charge in [0.15, 0.2) is 0 Å². The molecule has 2 heterocycles. The Morgan fingerprint density at radius 3 is 1.10 bits per heavy atom. The third-order valence-corrected chi connectivity index (χ3v) is 21.8. The first-order valence-corrected chi connectivity index (χ1v) is 34.6. The van der Waals surface area contributed by atoms with E-state index in [0.717, 1.165) is 56.6 Å². The molecule has 2 aliphatic carbocycles. The van der Waals surface area contributed by atoms with Crippen LogP contribution in [0, 0.1) is 0 Å². The van der Waals surface area contributed by atoms with Gasteiger partial charge in [0.05, 0.1) is 27.8 Å². The van der Waals surface area contributed by atoms with Crippen molar-refractivity contribution in [3.63, 3.8) is 0 Å². The fourth-order valence-corrected chi connectivity index (χ4v) is 17.5. The van der Waals surface area contributed by atoms with Crippen LogP contribution in [0.25, 0.3) is 175 Å². The van der Waals surface area contributed by atoms with E-state index in [0.29, 0.717) is 0 Å². The van der Waals surface area contributed by atoms with Crippen molar-refractivity contribution in [2.45, 2.75) is 0 Å². The van der Waals surface area contributed by atoms with Gasteiger partial charge in [-0.05, 0) is 220 Å². The predicted octanol–water partition coefficient (Wildman–Crippen LogP) is 26.7. The highest BCUT2D eigenvalue weighted by Crippen LogP contribution is 2.55. The molecule has 0 saturated heterocycles. The monoisotopic (exact) mass is 1270 g/mol. The van der Waals surface area contributed by atoms with Gasteiger partial charge < -0.3 is 18.9 Å². The molecule has 0 unspecified atom stereocenters. The fraction of sp³-hybridized carbons (Fsp3) is 0. The molecule has 4 nitrogen and oxygen atoms in total. The van der Waals surface area contributed by atoms with Gasteiger partial charge in [-0.2, -0.15) is 0 Å². The van der Waals surface area contributed by atoms with Gasteiger partial charge in [-0.15, -0.1) is 0 Å². The standard InChI is InChI=1S/C96H58N4/c1-5-16-59(17-6-1)61-38-45-74(46-39-61)98(85-58-86-96-92-78(28-15-29-80(85)92)77-26-13-18-64-34-35-66-44-55-84(95(96)90(66)87(64)77)100(86)72-24-11-4-12-25-72)75-47-40-62(41-48-75)60-30-32-63(33-31-60)69-56-68-37-36-67-43-54-83-94-91(67)89(68)81(57-69)79-27-14-19-65-42-53-82(93(94)88(65)79)99(83)76-51-49-73(50-52-76)97(70-20-7-2-8-21-70)71-22-9-3-10-23-71/h1-58H. The summed E-state index contributed by atoms with van der Waals surface area (Å²) in [6.45, 7) is 0. The van der Waals surface area contributed by atoms with E-state index < -0.39 is 0 Å². The first-order valence-electron chi connectivity index (χ1n) is 34.6. The molecule has 0 aliphatic heterocycles. The maximum absolute atomic E-state index is 2.51. The second-order valence-corrected chi connectivity index (χ2v) is 27.1. The number of benzene rings is 18. The van der Waals surface area contributed by atoms with Crippen LogP contribution in [-0.2, 0) is 0 Å². The van der Waals surface area contributed by atoms with E-state index in [9.17, 15) is 0 Å². The number of hydrogen-bond donors (Lipinski definition) is 0. The van der Waals surface area contributed by atoms with E-state index in [1.54, 1.807) is 0 Å². The van der Waals surface area contributed by atoms with Crippen LogP contribution in [0.4, 0.5) is 34.1 Å². The summed E-state index contributed by atoms with van der Waals surface area (Å²) in [5.74, 6) is 0. The fourth-order valence-electron chi connectivity index (χ4n) is 17.5. The summed E-state index contributed by atoms with van der Waals surface area (Å²) in [4.78, 5) is 4.82. The molecule has 2 aliphatic rings. The number of aromatic nitrogens is 2. The highest BCUT2D eigenvalue weighted by molar-refractivity contribution is 6.41. The molecule has 20 aromatic rings. The van der Waals surface area contributed by atoms with Crippen molar-refractivity contribution in [2.24, 2.45) is 0 Å². The third-order valence-electron chi connectivity index (χ3n) is 21.8. The molecule has 0 amide bonds. The molecule has 0 N–H and O–H groups in total. The van der Waals surface area contributed by atoms with Gasteiger partial charge in [0.2, 0.25) is 0 Å². The zero-order valence-electron chi connectivity index (χ0n) is 54.3. The van der Waals surface area contributed by atoms with Gasteiger partial charge in [0.25, 0.3) is 0 Å². The Labute approximate surface area is 576 Å². The zero-order valence-corrected chi connectivity index (χ0v) is 54.3. The molecule has 0 fully saturated rings. The van der Waals surface area contributed by atoms with Crippen LogP contribution in [0.1, 0.15) is 0 Å². The van der Waals surface area contributed by atoms with Gasteiger partial charge >= 0.3 is 0 Å². The number of fused-ring (bicyclic) bond motifs is 2. The number of hydrogen-bond acceptors (Lipinski definition) is 2. The van der Waals surface area contributed by atoms with Crippen LogP contribution < -0.4 is 9.80 Å². The summed E-state index contributed by atoms with van der Waals surface area (Å²) >= 11 is 0. The third kappa shape index (κ3) is 7.93. The highest BCUT2D eigenvalue weighted by atomic mass is 15.2. The van der Waals surface area contributed by atoms with Crippen molar-refractivity contribution in [1.29, 1.82) is 0 Å². The van der Waals surface area contributed by atoms with Crippen molar-refractivity contribution in [2.75, 3.05) is 9.80 Å². The predicted molar refractivity (Wildman–Crippen MR) is 424 cm³/mol. The minimum atomic E-state index is 1.08. The number of rotatable bonds is 11. The van der Waals surface area contributed by atoms with E-state index in [2.05, 4.69) is 371 Å². The Hall–Kier alpha value is -13.3. The van der Waals surface area contributed by atoms with Gasteiger partial charge in [-0.3, -0.25) is 0 Å². The molecule has 0 saturated carbocycles. The first kappa shape index (κ1) is 54.9. The van der Waals surface area contributed by atoms with Gasteiger partial charge in [-0.25, -0.2) is 0 Å². The van der Waals surface area contributed by atoms with E-state index in [-0.39, 0.29) is 0 Å². The van der Waals surface area contributed by atoms with Crippen LogP contribution in [0.15, 0.2) is 352 Å². The molecule has 4 heteroatoms. The molecule has 18 aromatic carbocycles. The second kappa shape index (κ2) is 21.1. The van der Waals surface area contributed by atoms with Crippen LogP contribution >= 0.6 is 0 Å². The van der Waals surface area contributed by atoms with Crippen LogP contribution in [0.3, 0.4) is 0 Å². The van der Waals surface area contributed by atoms with Crippen molar-refractivity contribution in [3.05, 3.63) is 352 Å². The van der Waals surface area contributed by atoms with Gasteiger partial charge in [0, 0.05) is 82.9 Å². The molecule has 100 heavy (non-hydrogen) atoms. The Balaban J connectivity index is 0.666. The lowest BCUT2D eigenvalue weighted by Gasteiger charge is -2.28. The Morgan fingerprint density at radius 2 is 0.540 bits per heavy atom. The second-order valence-electron chi connectivity index (χ2n) is 27.1. The summed E-state index contributed by atoms with van der Waals surface area (Å²) in [5.41, 5.74) is 25.8. The molecule has 22 rings (SSSR count). The number of para-hydroxylation sites is 3. The molecule has 0 spiro atoms. The van der Waals surface area contributed by atoms with E-state index in [1.165, 1.54) is 153 Å². The smallest absolute Gasteiger partial charge is 0.0568 e. The maximum atomic E-state index is 2.51. The summed E-state index contributed by atoms with van der Waals surface area (Å²) < 4.78 is 5.00. The van der Waals surface area contributed by atoms with Crippen LogP contribution in [-0.4, -0.2) is 9.13 Å². The lowest BCUT2D eigenvalue weighted by atomic mass is 9.89. The number of anilines is 6. The van der Waals surface area contributed by atoms with Crippen molar-refractivity contribution < 1.29 is 0 Å². The SMILES string of the molecule is c1ccc(-c2ccc(N(c3ccc(-c4ccc(-c5cc6c7c(ccc8ccc9c(c87)c7c8c-6cccc8ccc7n9-c6ccc(N(c7ccccc7)c7ccccc7)cc6)c5)cc4)cc3)c3cc4c5c6c(cccc36)-c3cccc6ccc7ccc(c5c7c36)n4-c3ccccc3)cc2)cc1. The first-order chi connectivity index (χ1) is 49.6. The summed E-state index contributed by atoms with van der Waals surface area (Å²) in [5, 5.41) is 20.5. The quantitative estimate of drug-likeness (QED) is 0.120. The summed E-state index contributed by atoms with van der Waals surface area (Å²) in [6.07, 6.45) is 0. The lowest BCUT2D eigenvalue weighted by Crippen LogP contribution is -2.11. The van der Waals surface area contributed by atoms with Crippen molar-refractivity contribution in [3.8, 4) is 67.0 Å². The molecule has 2 aromatic heterocycles. The zero-order chi connectivity index (χ0) is 65.3. The average Bonchev–Trinajstić information content (AvgIpc) is 1.53. The molecule has 0 atom stereocenters. The largest absolute Gasteiger partial charge is 0.311 e. The Kier molecular flexibility index (Phi) is 11.6. The van der Waals surface area contributed by atoms with Crippen LogP contribution in [0.5, 0.6) is 0 Å². The lowest BCUT2D eigenvalue weighted by molar-refractivity contribution is 1.17. The topological polar surface area (TPSA) is 16.3 Å². The highest BCUT2D eigenvalue weighted by Gasteiger charge is 2.30. The van der Waals surface area contributed by atoms with Crippen molar-refractivity contribution in [1.82, 2.24) is 9.13 Å². The van der Waals surface area contributed by atoms with Crippen molar-refractivity contribution >= 4 is 142 Å². The molecule has 0 bridgehead atoms. The Bertz CT molecular complexity index is 6780. The summed E-state index contributed by atoms with van der Waals surface area (Å²) in [6, 6.07) is 131. The van der Waals surface area contributed by atoms with E-state index >= 15 is 0 Å². The van der Waals surface area contributed by atoms with Crippen LogP contribution in [0.2, 0.25) is 0 Å². The molecule has 0 radical (unpaired) electrons. The minimum Gasteiger partial charge on any atom is -0.311 e. The van der Waals surface area contributed by atoms with Gasteiger partial charge in [0.1, 0.15) is 0 Å². The van der Waals surface area contributed by atoms with E-state index in [4.69, 9.17) is 0 Å². The van der Waals surface area contributed by atoms with Gasteiger partial charge in [-0.1, -0.05) is 231 Å². The molecule has 462 valence electrons. The normalized spacial score (nSPS) is 12.2. The molecular formula is C96H58N4. The number of nitrogens with zero attached hydrogens (tertiary/aromatic N) is 4. The minimum absolute atomic E-state index is 1.08. The van der Waals surface area contributed by atoms with E-state index in [1.807, 2.05) is 0 Å². The molecular weight excluding hydrogens is 1210 g/mol. The maximum Gasteiger partial charge on any atom is 0.0568 e.